The molecule has 0 amide bonds. The van der Waals surface area contributed by atoms with Crippen LogP contribution in [0.4, 0.5) is 0 Å². The predicted molar refractivity (Wildman–Crippen MR) is 88.7 cm³/mol. The Hall–Kier alpha value is -1.81. The van der Waals surface area contributed by atoms with E-state index < -0.39 is 5.97 Å². The van der Waals surface area contributed by atoms with Crippen LogP contribution >= 0.6 is 15.9 Å². The van der Waals surface area contributed by atoms with Gasteiger partial charge in [0.2, 0.25) is 0 Å². The smallest absolute Gasteiger partial charge is 0.353 e. The second-order valence-corrected chi connectivity index (χ2v) is 6.11. The largest absolute Gasteiger partial charge is 0.477 e. The van der Waals surface area contributed by atoms with Gasteiger partial charge in [-0.3, -0.25) is 0 Å². The van der Waals surface area contributed by atoms with Crippen LogP contribution in [0.3, 0.4) is 0 Å². The van der Waals surface area contributed by atoms with Gasteiger partial charge in [0.05, 0.1) is 5.52 Å². The number of hydrogen-bond donors (Lipinski definition) is 1. The Labute approximate surface area is 131 Å². The van der Waals surface area contributed by atoms with Gasteiger partial charge in [0.25, 0.3) is 0 Å². The number of carboxylic acids is 1. The van der Waals surface area contributed by atoms with E-state index in [9.17, 15) is 9.90 Å². The zero-order valence-corrected chi connectivity index (χ0v) is 13.6. The number of aromatic carboxylic acids is 1. The van der Waals surface area contributed by atoms with Crippen molar-refractivity contribution in [3.63, 3.8) is 0 Å². The zero-order chi connectivity index (χ0) is 15.1. The molecule has 0 atom stereocenters. The molecule has 1 aromatic heterocycles. The maximum absolute atomic E-state index is 11.8. The number of aryl methyl sites for hydroxylation is 2. The Morgan fingerprint density at radius 2 is 2.05 bits per heavy atom. The molecular formula is C17H16BrNO2. The first-order valence-electron chi connectivity index (χ1n) is 6.93. The molecule has 0 aliphatic heterocycles. The molecule has 0 saturated carbocycles. The van der Waals surface area contributed by atoms with E-state index in [0.29, 0.717) is 5.69 Å². The summed E-state index contributed by atoms with van der Waals surface area (Å²) >= 11 is 3.61. The lowest BCUT2D eigenvalue weighted by Gasteiger charge is -2.13. The molecule has 0 saturated heterocycles. The van der Waals surface area contributed by atoms with Crippen LogP contribution in [-0.4, -0.2) is 15.6 Å². The Bertz CT molecular complexity index is 812. The average molecular weight is 346 g/mol. The Balaban J connectivity index is 2.44. The lowest BCUT2D eigenvalue weighted by molar-refractivity contribution is 0.0688. The van der Waals surface area contributed by atoms with Gasteiger partial charge in [-0.05, 0) is 65.9 Å². The topological polar surface area (TPSA) is 42.2 Å². The summed E-state index contributed by atoms with van der Waals surface area (Å²) in [4.78, 5) is 11.8. The number of carboxylic acid groups (broad SMARTS) is 1. The third-order valence-corrected chi connectivity index (χ3v) is 4.97. The molecule has 4 heteroatoms. The minimum atomic E-state index is -0.895. The number of aromatic nitrogens is 1. The van der Waals surface area contributed by atoms with Crippen molar-refractivity contribution in [2.24, 2.45) is 0 Å². The number of fused-ring (bicyclic) bond motifs is 1. The fraction of sp³-hybridized carbons (Fsp3) is 0.235. The summed E-state index contributed by atoms with van der Waals surface area (Å²) in [5, 5.41) is 10.6. The van der Waals surface area contributed by atoms with Crippen LogP contribution < -0.4 is 0 Å². The van der Waals surface area contributed by atoms with E-state index in [1.165, 1.54) is 0 Å². The summed E-state index contributed by atoms with van der Waals surface area (Å²) in [5.41, 5.74) is 4.11. The van der Waals surface area contributed by atoms with Gasteiger partial charge < -0.3 is 9.67 Å². The van der Waals surface area contributed by atoms with Crippen molar-refractivity contribution in [1.82, 2.24) is 4.57 Å². The highest BCUT2D eigenvalue weighted by Gasteiger charge is 2.23. The highest BCUT2D eigenvalue weighted by atomic mass is 79.9. The Morgan fingerprint density at radius 3 is 2.67 bits per heavy atom. The van der Waals surface area contributed by atoms with Crippen LogP contribution in [0.25, 0.3) is 16.6 Å². The van der Waals surface area contributed by atoms with Crippen molar-refractivity contribution in [2.75, 3.05) is 0 Å². The van der Waals surface area contributed by atoms with Crippen LogP contribution in [0.5, 0.6) is 0 Å². The Kier molecular flexibility index (Phi) is 3.49. The highest BCUT2D eigenvalue weighted by molar-refractivity contribution is 9.10. The zero-order valence-electron chi connectivity index (χ0n) is 12.0. The van der Waals surface area contributed by atoms with Crippen molar-refractivity contribution < 1.29 is 9.90 Å². The molecular weight excluding hydrogens is 330 g/mol. The lowest BCUT2D eigenvalue weighted by Crippen LogP contribution is -2.09. The van der Waals surface area contributed by atoms with E-state index in [4.69, 9.17) is 0 Å². The maximum atomic E-state index is 11.8. The molecule has 0 radical (unpaired) electrons. The van der Waals surface area contributed by atoms with Crippen LogP contribution in [0.2, 0.25) is 0 Å². The summed E-state index contributed by atoms with van der Waals surface area (Å²) in [6.45, 7) is 3.89. The third-order valence-electron chi connectivity index (χ3n) is 3.94. The lowest BCUT2D eigenvalue weighted by atomic mass is 10.1. The molecule has 3 nitrogen and oxygen atoms in total. The first-order valence-corrected chi connectivity index (χ1v) is 7.72. The van der Waals surface area contributed by atoms with Crippen LogP contribution in [0, 0.1) is 13.8 Å². The molecule has 1 heterocycles. The molecule has 1 aliphatic carbocycles. The normalized spacial score (nSPS) is 14.5. The number of carbonyl (C=O) groups is 1. The van der Waals surface area contributed by atoms with Crippen molar-refractivity contribution in [3.8, 4) is 0 Å². The summed E-state index contributed by atoms with van der Waals surface area (Å²) < 4.78 is 2.83. The van der Waals surface area contributed by atoms with Gasteiger partial charge in [-0.1, -0.05) is 18.2 Å². The fourth-order valence-corrected chi connectivity index (χ4v) is 3.54. The molecule has 108 valence electrons. The molecule has 0 spiro atoms. The average Bonchev–Trinajstić information content (AvgIpc) is 2.77. The molecule has 1 N–H and O–H groups in total. The second kappa shape index (κ2) is 5.19. The van der Waals surface area contributed by atoms with Crippen LogP contribution in [0.1, 0.15) is 34.5 Å². The quantitative estimate of drug-likeness (QED) is 0.840. The van der Waals surface area contributed by atoms with Gasteiger partial charge in [-0.25, -0.2) is 4.79 Å². The number of allylic oxidation sites excluding steroid dienone is 4. The molecule has 3 rings (SSSR count). The third kappa shape index (κ3) is 2.14. The molecule has 1 aliphatic rings. The van der Waals surface area contributed by atoms with E-state index >= 15 is 0 Å². The van der Waals surface area contributed by atoms with Crippen LogP contribution in [-0.2, 0) is 0 Å². The molecule has 0 unspecified atom stereocenters. The monoisotopic (exact) mass is 345 g/mol. The number of hydrogen-bond acceptors (Lipinski definition) is 1. The van der Waals surface area contributed by atoms with E-state index in [1.807, 2.05) is 36.6 Å². The molecule has 2 aromatic rings. The minimum absolute atomic E-state index is 0.342. The van der Waals surface area contributed by atoms with Crippen molar-refractivity contribution >= 4 is 38.5 Å². The first-order chi connectivity index (χ1) is 10.0. The number of halogens is 1. The summed E-state index contributed by atoms with van der Waals surface area (Å²) in [6.07, 6.45) is 8.14. The number of benzene rings is 1. The number of nitrogens with zero attached hydrogens (tertiary/aromatic N) is 1. The maximum Gasteiger partial charge on any atom is 0.353 e. The van der Waals surface area contributed by atoms with Crippen LogP contribution in [0.15, 0.2) is 34.8 Å². The van der Waals surface area contributed by atoms with Gasteiger partial charge in [0, 0.05) is 15.6 Å². The van der Waals surface area contributed by atoms with Gasteiger partial charge in [-0.2, -0.15) is 0 Å². The minimum Gasteiger partial charge on any atom is -0.477 e. The van der Waals surface area contributed by atoms with E-state index in [1.54, 1.807) is 0 Å². The van der Waals surface area contributed by atoms with E-state index in [-0.39, 0.29) is 0 Å². The SMILES string of the molecule is Cc1ccc2c(c(C)c(C(=O)O)n2C2=CCCC=C2)c1Br. The van der Waals surface area contributed by atoms with Crippen molar-refractivity contribution in [1.29, 1.82) is 0 Å². The molecule has 0 fully saturated rings. The van der Waals surface area contributed by atoms with Gasteiger partial charge in [-0.15, -0.1) is 0 Å². The number of rotatable bonds is 2. The fourth-order valence-electron chi connectivity index (χ4n) is 2.91. The van der Waals surface area contributed by atoms with Gasteiger partial charge >= 0.3 is 5.97 Å². The summed E-state index contributed by atoms with van der Waals surface area (Å²) in [5.74, 6) is -0.895. The predicted octanol–water partition coefficient (Wildman–Crippen LogP) is 4.91. The first kappa shape index (κ1) is 14.1. The summed E-state index contributed by atoms with van der Waals surface area (Å²) in [7, 11) is 0. The van der Waals surface area contributed by atoms with Crippen molar-refractivity contribution in [2.45, 2.75) is 26.7 Å². The Morgan fingerprint density at radius 1 is 1.29 bits per heavy atom. The molecule has 21 heavy (non-hydrogen) atoms. The van der Waals surface area contributed by atoms with E-state index in [0.717, 1.165) is 45.0 Å². The summed E-state index contributed by atoms with van der Waals surface area (Å²) in [6, 6.07) is 4.01. The highest BCUT2D eigenvalue weighted by Crippen LogP contribution is 2.36. The molecule has 1 aromatic carbocycles. The second-order valence-electron chi connectivity index (χ2n) is 5.31. The standard InChI is InChI=1S/C17H16BrNO2/c1-10-8-9-13-14(15(10)18)11(2)16(17(20)21)19(13)12-6-4-3-5-7-12/h4,6-9H,3,5H2,1-2H3,(H,20,21). The van der Waals surface area contributed by atoms with E-state index in [2.05, 4.69) is 28.1 Å². The van der Waals surface area contributed by atoms with Gasteiger partial charge in [0.1, 0.15) is 5.69 Å². The molecule has 0 bridgehead atoms. The van der Waals surface area contributed by atoms with Gasteiger partial charge in [0.15, 0.2) is 0 Å². The van der Waals surface area contributed by atoms with Crippen molar-refractivity contribution in [3.05, 3.63) is 51.7 Å².